The Kier molecular flexibility index (Phi) is 5.33. The minimum Gasteiger partial charge on any atom is -0.421 e. The largest absolute Gasteiger partial charge is 0.421 e. The van der Waals surface area contributed by atoms with Crippen LogP contribution in [0.5, 0.6) is 0 Å². The Morgan fingerprint density at radius 3 is 2.48 bits per heavy atom. The van der Waals surface area contributed by atoms with E-state index < -0.39 is 11.4 Å². The van der Waals surface area contributed by atoms with Crippen molar-refractivity contribution in [3.63, 3.8) is 0 Å². The summed E-state index contributed by atoms with van der Waals surface area (Å²) in [5.41, 5.74) is 1.84. The maximum absolute atomic E-state index is 12.6. The molecule has 8 heteroatoms. The quantitative estimate of drug-likeness (QED) is 0.384. The van der Waals surface area contributed by atoms with Gasteiger partial charge in [0, 0.05) is 19.4 Å². The second kappa shape index (κ2) is 7.72. The lowest BCUT2D eigenvalue weighted by Crippen LogP contribution is -2.23. The van der Waals surface area contributed by atoms with Gasteiger partial charge in [-0.05, 0) is 52.0 Å². The summed E-state index contributed by atoms with van der Waals surface area (Å²) in [7, 11) is 1.73. The van der Waals surface area contributed by atoms with Crippen molar-refractivity contribution in [1.29, 1.82) is 5.26 Å². The number of carbonyl (C=O) groups excluding carboxylic acids is 1. The molecule has 0 N–H and O–H groups in total. The zero-order valence-corrected chi connectivity index (χ0v) is 17.0. The maximum Gasteiger partial charge on any atom is 0.316 e. The number of nitriles is 1. The number of nitrogens with zero attached hydrogens (tertiary/aromatic N) is 6. The first-order valence-corrected chi connectivity index (χ1v) is 9.06. The molecule has 3 heterocycles. The summed E-state index contributed by atoms with van der Waals surface area (Å²) in [6.45, 7) is 7.08. The number of pyridine rings is 1. The number of carbonyl (C=O) groups is 1. The van der Waals surface area contributed by atoms with Crippen molar-refractivity contribution in [1.82, 2.24) is 24.5 Å². The smallest absolute Gasteiger partial charge is 0.316 e. The van der Waals surface area contributed by atoms with E-state index in [4.69, 9.17) is 4.74 Å². The van der Waals surface area contributed by atoms with Gasteiger partial charge in [0.2, 0.25) is 0 Å². The summed E-state index contributed by atoms with van der Waals surface area (Å²) in [5.74, 6) is -0.359. The molecule has 0 amide bonds. The number of allylic oxidation sites excluding steroid dienone is 1. The minimum atomic E-state index is -0.747. The Bertz CT molecular complexity index is 1110. The van der Waals surface area contributed by atoms with Crippen molar-refractivity contribution in [2.24, 2.45) is 12.5 Å². The summed E-state index contributed by atoms with van der Waals surface area (Å²) in [4.78, 5) is 16.9. The van der Waals surface area contributed by atoms with Crippen LogP contribution in [0.1, 0.15) is 32.2 Å². The number of hydrogen-bond acceptors (Lipinski definition) is 6. The zero-order valence-electron chi connectivity index (χ0n) is 17.0. The number of aryl methyl sites for hydroxylation is 2. The lowest BCUT2D eigenvalue weighted by molar-refractivity contribution is -0.145. The van der Waals surface area contributed by atoms with Crippen LogP contribution < -0.4 is 0 Å². The predicted octanol–water partition coefficient (Wildman–Crippen LogP) is 3.43. The molecule has 0 aromatic carbocycles. The fourth-order valence-electron chi connectivity index (χ4n) is 2.60. The third-order valence-corrected chi connectivity index (χ3v) is 4.11. The van der Waals surface area contributed by atoms with Crippen LogP contribution in [0.15, 0.2) is 42.7 Å². The van der Waals surface area contributed by atoms with E-state index >= 15 is 0 Å². The Balaban J connectivity index is 2.15. The summed E-state index contributed by atoms with van der Waals surface area (Å²) in [6, 6.07) is 11.1. The highest BCUT2D eigenvalue weighted by molar-refractivity contribution is 5.91. The second-order valence-electron chi connectivity index (χ2n) is 7.58. The molecule has 0 aliphatic heterocycles. The van der Waals surface area contributed by atoms with Crippen LogP contribution in [0, 0.1) is 23.7 Å². The first-order valence-electron chi connectivity index (χ1n) is 9.06. The average Bonchev–Trinajstić information content (AvgIpc) is 3.28. The van der Waals surface area contributed by atoms with Crippen molar-refractivity contribution < 1.29 is 9.53 Å². The van der Waals surface area contributed by atoms with Crippen LogP contribution in [0.4, 0.5) is 0 Å². The topological polar surface area (TPSA) is 98.6 Å². The van der Waals surface area contributed by atoms with E-state index in [1.165, 1.54) is 4.68 Å². The zero-order chi connectivity index (χ0) is 21.2. The highest BCUT2D eigenvalue weighted by Gasteiger charge is 2.28. The first kappa shape index (κ1) is 20.0. The highest BCUT2D eigenvalue weighted by Crippen LogP contribution is 2.28. The maximum atomic E-state index is 12.6. The Labute approximate surface area is 169 Å². The first-order chi connectivity index (χ1) is 13.7. The fraction of sp³-hybridized carbons (Fsp3) is 0.286. The normalized spacial score (nSPS) is 12.3. The standard InChI is InChI=1S/C21H22N6O2/c1-14-12-17(26(5)24-14)19(29-20(28)21(2,3)4)18(13-22)27-11-9-16(25-27)15-8-6-7-10-23-15/h6-12H,1-5H3. The third kappa shape index (κ3) is 4.24. The predicted molar refractivity (Wildman–Crippen MR) is 108 cm³/mol. The van der Waals surface area contributed by atoms with E-state index in [0.717, 1.165) is 5.69 Å². The number of esters is 1. The molecule has 148 valence electrons. The molecule has 3 aromatic rings. The van der Waals surface area contributed by atoms with Crippen molar-refractivity contribution in [3.8, 4) is 17.5 Å². The highest BCUT2D eigenvalue weighted by atomic mass is 16.5. The van der Waals surface area contributed by atoms with E-state index in [0.29, 0.717) is 17.1 Å². The minimum absolute atomic E-state index is 0.0766. The van der Waals surface area contributed by atoms with Gasteiger partial charge in [-0.15, -0.1) is 0 Å². The van der Waals surface area contributed by atoms with Gasteiger partial charge < -0.3 is 4.74 Å². The Morgan fingerprint density at radius 2 is 1.93 bits per heavy atom. The Morgan fingerprint density at radius 1 is 1.17 bits per heavy atom. The molecule has 3 aromatic heterocycles. The van der Waals surface area contributed by atoms with Crippen LogP contribution in [-0.2, 0) is 16.6 Å². The third-order valence-electron chi connectivity index (χ3n) is 4.11. The molecule has 29 heavy (non-hydrogen) atoms. The lowest BCUT2D eigenvalue weighted by Gasteiger charge is -2.19. The molecule has 0 aliphatic carbocycles. The molecule has 0 unspecified atom stereocenters. The number of rotatable bonds is 4. The summed E-state index contributed by atoms with van der Waals surface area (Å²) < 4.78 is 8.66. The van der Waals surface area contributed by atoms with Gasteiger partial charge in [-0.3, -0.25) is 14.5 Å². The van der Waals surface area contributed by atoms with Gasteiger partial charge in [-0.1, -0.05) is 6.07 Å². The number of ether oxygens (including phenoxy) is 1. The van der Waals surface area contributed by atoms with Crippen molar-refractivity contribution in [3.05, 3.63) is 54.1 Å². The van der Waals surface area contributed by atoms with Gasteiger partial charge in [0.15, 0.2) is 11.5 Å². The summed E-state index contributed by atoms with van der Waals surface area (Å²) >= 11 is 0. The lowest BCUT2D eigenvalue weighted by atomic mass is 9.97. The van der Waals surface area contributed by atoms with Crippen LogP contribution in [-0.4, -0.2) is 30.5 Å². The molecule has 0 saturated heterocycles. The molecule has 0 atom stereocenters. The van der Waals surface area contributed by atoms with Gasteiger partial charge in [-0.25, -0.2) is 4.68 Å². The summed E-state index contributed by atoms with van der Waals surface area (Å²) in [6.07, 6.45) is 3.31. The van der Waals surface area contributed by atoms with Crippen molar-refractivity contribution in [2.75, 3.05) is 0 Å². The SMILES string of the molecule is Cc1cc(C(OC(=O)C(C)(C)C)=C(C#N)n2ccc(-c3ccccn3)n2)n(C)n1. The van der Waals surface area contributed by atoms with E-state index in [1.807, 2.05) is 25.1 Å². The van der Waals surface area contributed by atoms with Gasteiger partial charge in [-0.2, -0.15) is 15.5 Å². The fourth-order valence-corrected chi connectivity index (χ4v) is 2.60. The number of hydrogen-bond donors (Lipinski definition) is 0. The van der Waals surface area contributed by atoms with E-state index in [-0.39, 0.29) is 11.5 Å². The van der Waals surface area contributed by atoms with Crippen LogP contribution in [0.2, 0.25) is 0 Å². The Hall–Kier alpha value is -3.73. The molecular weight excluding hydrogens is 368 g/mol. The summed E-state index contributed by atoms with van der Waals surface area (Å²) in [5, 5.41) is 18.7. The van der Waals surface area contributed by atoms with Crippen molar-refractivity contribution in [2.45, 2.75) is 27.7 Å². The number of aromatic nitrogens is 5. The average molecular weight is 390 g/mol. The van der Waals surface area contributed by atoms with E-state index in [9.17, 15) is 10.1 Å². The van der Waals surface area contributed by atoms with Crippen molar-refractivity contribution >= 4 is 17.4 Å². The van der Waals surface area contributed by atoms with Gasteiger partial charge in [0.05, 0.1) is 16.8 Å². The molecule has 0 spiro atoms. The molecule has 0 saturated carbocycles. The molecule has 0 bridgehead atoms. The molecule has 0 fully saturated rings. The van der Waals surface area contributed by atoms with E-state index in [1.54, 1.807) is 57.0 Å². The van der Waals surface area contributed by atoms with Crippen LogP contribution >= 0.6 is 0 Å². The second-order valence-corrected chi connectivity index (χ2v) is 7.58. The molecular formula is C21H22N6O2. The molecule has 3 rings (SSSR count). The van der Waals surface area contributed by atoms with Gasteiger partial charge in [0.25, 0.3) is 0 Å². The monoisotopic (exact) mass is 390 g/mol. The van der Waals surface area contributed by atoms with Crippen LogP contribution in [0.3, 0.4) is 0 Å². The molecule has 8 nitrogen and oxygen atoms in total. The van der Waals surface area contributed by atoms with E-state index in [2.05, 4.69) is 21.3 Å². The van der Waals surface area contributed by atoms with Gasteiger partial charge >= 0.3 is 5.97 Å². The molecule has 0 radical (unpaired) electrons. The molecule has 0 aliphatic rings. The van der Waals surface area contributed by atoms with Gasteiger partial charge in [0.1, 0.15) is 17.5 Å². The van der Waals surface area contributed by atoms with Crippen LogP contribution in [0.25, 0.3) is 22.8 Å².